The quantitative estimate of drug-likeness (QED) is 0.857. The Balaban J connectivity index is 1.61. The van der Waals surface area contributed by atoms with E-state index in [0.717, 1.165) is 5.56 Å². The number of carbonyl (C=O) groups excluding carboxylic acids is 1. The number of ether oxygens (including phenoxy) is 1. The lowest BCUT2D eigenvalue weighted by Gasteiger charge is -2.51. The molecule has 2 aliphatic heterocycles. The summed E-state index contributed by atoms with van der Waals surface area (Å²) in [5.41, 5.74) is -0.825. The van der Waals surface area contributed by atoms with Crippen molar-refractivity contribution in [2.45, 2.75) is 49.9 Å². The molecule has 1 amide bonds. The molecule has 2 aliphatic rings. The highest BCUT2D eigenvalue weighted by molar-refractivity contribution is 5.78. The van der Waals surface area contributed by atoms with E-state index < -0.39 is 17.3 Å². The number of piperidine rings is 1. The van der Waals surface area contributed by atoms with Crippen molar-refractivity contribution in [3.8, 4) is 0 Å². The molecule has 3 rings (SSSR count). The van der Waals surface area contributed by atoms with E-state index in [2.05, 4.69) is 0 Å². The molecule has 1 aromatic carbocycles. The highest BCUT2D eigenvalue weighted by atomic mass is 16.5. The molecule has 0 saturated carbocycles. The van der Waals surface area contributed by atoms with Crippen LogP contribution in [-0.2, 0) is 16.0 Å². The molecule has 0 bridgehead atoms. The zero-order valence-corrected chi connectivity index (χ0v) is 13.6. The van der Waals surface area contributed by atoms with E-state index in [9.17, 15) is 15.0 Å². The van der Waals surface area contributed by atoms with Crippen LogP contribution in [0.3, 0.4) is 0 Å². The molecular formula is C18H25NO4. The Morgan fingerprint density at radius 1 is 1.26 bits per heavy atom. The topological polar surface area (TPSA) is 70.0 Å². The van der Waals surface area contributed by atoms with Crippen molar-refractivity contribution < 1.29 is 19.7 Å². The van der Waals surface area contributed by atoms with Crippen LogP contribution in [0.25, 0.3) is 0 Å². The van der Waals surface area contributed by atoms with Crippen molar-refractivity contribution in [1.82, 2.24) is 4.90 Å². The molecule has 0 unspecified atom stereocenters. The van der Waals surface area contributed by atoms with Crippen LogP contribution in [0.2, 0.25) is 0 Å². The largest absolute Gasteiger partial charge is 0.387 e. The lowest BCUT2D eigenvalue weighted by molar-refractivity contribution is -0.245. The smallest absolute Gasteiger partial charge is 0.226 e. The summed E-state index contributed by atoms with van der Waals surface area (Å²) in [6, 6.07) is 9.71. The molecule has 126 valence electrons. The SMILES string of the molecule is C[C@@]1(O)CCOC2(CCN(C(=O)Cc3ccccc3)CC2)[C@H]1O. The molecular weight excluding hydrogens is 294 g/mol. The average molecular weight is 319 g/mol. The number of aliphatic hydroxyl groups excluding tert-OH is 1. The molecule has 23 heavy (non-hydrogen) atoms. The van der Waals surface area contributed by atoms with Gasteiger partial charge in [0.2, 0.25) is 5.91 Å². The van der Waals surface area contributed by atoms with E-state index in [1.54, 1.807) is 6.92 Å². The predicted molar refractivity (Wildman–Crippen MR) is 85.9 cm³/mol. The Labute approximate surface area is 136 Å². The third-order valence-electron chi connectivity index (χ3n) is 5.25. The number of amides is 1. The molecule has 5 nitrogen and oxygen atoms in total. The van der Waals surface area contributed by atoms with E-state index in [4.69, 9.17) is 4.74 Å². The third-order valence-corrected chi connectivity index (χ3v) is 5.25. The molecule has 1 spiro atoms. The molecule has 1 aromatic rings. The maximum Gasteiger partial charge on any atom is 0.226 e. The molecule has 2 fully saturated rings. The first-order chi connectivity index (χ1) is 10.9. The van der Waals surface area contributed by atoms with Gasteiger partial charge < -0.3 is 19.8 Å². The standard InChI is InChI=1S/C18H25NO4/c1-17(22)9-12-23-18(16(17)21)7-10-19(11-8-18)15(20)13-14-5-3-2-4-6-14/h2-6,16,21-22H,7-13H2,1H3/t16-,17+/m0/s1. The van der Waals surface area contributed by atoms with Crippen LogP contribution >= 0.6 is 0 Å². The van der Waals surface area contributed by atoms with Gasteiger partial charge in [-0.15, -0.1) is 0 Å². The Hall–Kier alpha value is -1.43. The van der Waals surface area contributed by atoms with Gasteiger partial charge >= 0.3 is 0 Å². The average Bonchev–Trinajstić information content (AvgIpc) is 2.54. The first-order valence-electron chi connectivity index (χ1n) is 8.29. The van der Waals surface area contributed by atoms with Crippen LogP contribution in [0.5, 0.6) is 0 Å². The highest BCUT2D eigenvalue weighted by Crippen LogP contribution is 2.39. The Kier molecular flexibility index (Phi) is 4.45. The number of carbonyl (C=O) groups is 1. The van der Waals surface area contributed by atoms with E-state index in [-0.39, 0.29) is 5.91 Å². The van der Waals surface area contributed by atoms with Gasteiger partial charge in [-0.1, -0.05) is 30.3 Å². The second-order valence-electron chi connectivity index (χ2n) is 6.97. The summed E-state index contributed by atoms with van der Waals surface area (Å²) < 4.78 is 5.85. The van der Waals surface area contributed by atoms with Crippen molar-refractivity contribution >= 4 is 5.91 Å². The van der Waals surface area contributed by atoms with Crippen molar-refractivity contribution in [2.75, 3.05) is 19.7 Å². The lowest BCUT2D eigenvalue weighted by atomic mass is 9.75. The zero-order valence-electron chi connectivity index (χ0n) is 13.6. The van der Waals surface area contributed by atoms with Gasteiger partial charge in [0.1, 0.15) is 11.7 Å². The molecule has 2 N–H and O–H groups in total. The summed E-state index contributed by atoms with van der Waals surface area (Å²) in [4.78, 5) is 14.3. The van der Waals surface area contributed by atoms with Crippen LogP contribution in [0.15, 0.2) is 30.3 Å². The minimum absolute atomic E-state index is 0.100. The van der Waals surface area contributed by atoms with Gasteiger partial charge in [0.15, 0.2) is 0 Å². The van der Waals surface area contributed by atoms with Gasteiger partial charge in [-0.2, -0.15) is 0 Å². The molecule has 2 atom stereocenters. The van der Waals surface area contributed by atoms with Crippen LogP contribution < -0.4 is 0 Å². The number of hydrogen-bond acceptors (Lipinski definition) is 4. The van der Waals surface area contributed by atoms with E-state index in [0.29, 0.717) is 45.4 Å². The number of rotatable bonds is 2. The van der Waals surface area contributed by atoms with Gasteiger partial charge in [-0.25, -0.2) is 0 Å². The summed E-state index contributed by atoms with van der Waals surface area (Å²) in [5, 5.41) is 20.8. The van der Waals surface area contributed by atoms with Gasteiger partial charge in [-0.3, -0.25) is 4.79 Å². The molecule has 0 aromatic heterocycles. The van der Waals surface area contributed by atoms with E-state index in [1.165, 1.54) is 0 Å². The van der Waals surface area contributed by atoms with Crippen molar-refractivity contribution in [3.63, 3.8) is 0 Å². The number of benzene rings is 1. The zero-order chi connectivity index (χ0) is 16.5. The third kappa shape index (κ3) is 3.27. The van der Waals surface area contributed by atoms with E-state index in [1.807, 2.05) is 35.2 Å². The summed E-state index contributed by atoms with van der Waals surface area (Å²) >= 11 is 0. The molecule has 2 saturated heterocycles. The number of aliphatic hydroxyl groups is 2. The first kappa shape index (κ1) is 16.4. The maximum absolute atomic E-state index is 12.4. The number of hydrogen-bond donors (Lipinski definition) is 2. The normalized spacial score (nSPS) is 30.4. The van der Waals surface area contributed by atoms with Gasteiger partial charge in [-0.05, 0) is 25.3 Å². The Morgan fingerprint density at radius 3 is 2.57 bits per heavy atom. The maximum atomic E-state index is 12.4. The van der Waals surface area contributed by atoms with Crippen molar-refractivity contribution in [3.05, 3.63) is 35.9 Å². The summed E-state index contributed by atoms with van der Waals surface area (Å²) in [6.45, 7) is 3.22. The van der Waals surface area contributed by atoms with Crippen molar-refractivity contribution in [1.29, 1.82) is 0 Å². The molecule has 0 aliphatic carbocycles. The minimum Gasteiger partial charge on any atom is -0.387 e. The first-order valence-corrected chi connectivity index (χ1v) is 8.29. The number of nitrogens with zero attached hydrogens (tertiary/aromatic N) is 1. The highest BCUT2D eigenvalue weighted by Gasteiger charge is 2.52. The van der Waals surface area contributed by atoms with Crippen molar-refractivity contribution in [2.24, 2.45) is 0 Å². The fourth-order valence-electron chi connectivity index (χ4n) is 3.68. The second-order valence-corrected chi connectivity index (χ2v) is 6.97. The fourth-order valence-corrected chi connectivity index (χ4v) is 3.68. The van der Waals surface area contributed by atoms with Crippen LogP contribution in [0.4, 0.5) is 0 Å². The number of likely N-dealkylation sites (tertiary alicyclic amines) is 1. The summed E-state index contributed by atoms with van der Waals surface area (Å²) in [6.07, 6.45) is 1.05. The Morgan fingerprint density at radius 2 is 1.91 bits per heavy atom. The van der Waals surface area contributed by atoms with Crippen LogP contribution in [0.1, 0.15) is 31.7 Å². The summed E-state index contributed by atoms with van der Waals surface area (Å²) in [7, 11) is 0. The van der Waals surface area contributed by atoms with Crippen LogP contribution in [-0.4, -0.2) is 58.0 Å². The van der Waals surface area contributed by atoms with E-state index >= 15 is 0 Å². The van der Waals surface area contributed by atoms with Gasteiger partial charge in [0, 0.05) is 19.5 Å². The summed E-state index contributed by atoms with van der Waals surface area (Å²) in [5.74, 6) is 0.100. The molecule has 0 radical (unpaired) electrons. The fraction of sp³-hybridized carbons (Fsp3) is 0.611. The lowest BCUT2D eigenvalue weighted by Crippen LogP contribution is -2.64. The van der Waals surface area contributed by atoms with Crippen LogP contribution in [0, 0.1) is 0 Å². The monoisotopic (exact) mass is 319 g/mol. The predicted octanol–water partition coefficient (Wildman–Crippen LogP) is 1.12. The van der Waals surface area contributed by atoms with Gasteiger partial charge in [0.25, 0.3) is 0 Å². The minimum atomic E-state index is -1.12. The van der Waals surface area contributed by atoms with Gasteiger partial charge in [0.05, 0.1) is 18.6 Å². The molecule has 5 heteroatoms. The second kappa shape index (κ2) is 6.23. The Bertz CT molecular complexity index is 549. The molecule has 2 heterocycles.